The third-order valence-corrected chi connectivity index (χ3v) is 8.28. The average molecular weight is 514 g/mol. The molecule has 0 aromatic carbocycles. The van der Waals surface area contributed by atoms with Gasteiger partial charge in [0.25, 0.3) is 0 Å². The number of carbonyl (C=O) groups excluding carboxylic acids is 2. The standard InChI is InChI=1S/C30H43NO5.CH4/c1-17-9-8-10-19(3)27(34)21(5)29(35)30(6,7)25(32)15-26(33)36-28-20(4)23(14-22(28)13-17)24-12-11-18(2)16-31-24;/h11-13,16,19,21-22,25,27-28,32,34H,8-10,14-15H2,1-7H3;1H4/b17-13-;/t19-,21+,22+,25-,27-,28+;/m0./s1. The molecule has 0 fully saturated rings. The second-order valence-corrected chi connectivity index (χ2v) is 11.6. The minimum Gasteiger partial charge on any atom is -0.457 e. The first-order chi connectivity index (χ1) is 16.8. The topological polar surface area (TPSA) is 96.7 Å². The predicted molar refractivity (Wildman–Crippen MR) is 148 cm³/mol. The summed E-state index contributed by atoms with van der Waals surface area (Å²) < 4.78 is 5.99. The monoisotopic (exact) mass is 513 g/mol. The van der Waals surface area contributed by atoms with E-state index in [4.69, 9.17) is 4.74 Å². The molecule has 1 aromatic rings. The molecule has 6 nitrogen and oxygen atoms in total. The van der Waals surface area contributed by atoms with Crippen LogP contribution in [0.15, 0.2) is 35.6 Å². The van der Waals surface area contributed by atoms with Crippen LogP contribution in [0.2, 0.25) is 0 Å². The van der Waals surface area contributed by atoms with E-state index in [9.17, 15) is 19.8 Å². The molecule has 2 N–H and O–H groups in total. The summed E-state index contributed by atoms with van der Waals surface area (Å²) in [7, 11) is 0. The summed E-state index contributed by atoms with van der Waals surface area (Å²) in [5, 5.41) is 21.8. The van der Waals surface area contributed by atoms with Crippen LogP contribution in [0, 0.1) is 30.1 Å². The minimum absolute atomic E-state index is 0. The van der Waals surface area contributed by atoms with Crippen molar-refractivity contribution in [3.63, 3.8) is 0 Å². The molecule has 0 spiro atoms. The highest BCUT2D eigenvalue weighted by Crippen LogP contribution is 2.41. The van der Waals surface area contributed by atoms with Crippen molar-refractivity contribution in [1.29, 1.82) is 0 Å². The summed E-state index contributed by atoms with van der Waals surface area (Å²) >= 11 is 0. The number of nitrogens with zero attached hydrogens (tertiary/aromatic N) is 1. The van der Waals surface area contributed by atoms with Crippen LogP contribution in [0.1, 0.15) is 92.3 Å². The number of hydrogen-bond acceptors (Lipinski definition) is 6. The Morgan fingerprint density at radius 2 is 1.73 bits per heavy atom. The van der Waals surface area contributed by atoms with E-state index in [0.29, 0.717) is 0 Å². The van der Waals surface area contributed by atoms with E-state index < -0.39 is 35.6 Å². The van der Waals surface area contributed by atoms with E-state index in [0.717, 1.165) is 48.1 Å². The van der Waals surface area contributed by atoms with Gasteiger partial charge in [0.2, 0.25) is 0 Å². The van der Waals surface area contributed by atoms with Crippen molar-refractivity contribution in [3.05, 3.63) is 46.8 Å². The van der Waals surface area contributed by atoms with Crippen molar-refractivity contribution < 1.29 is 24.5 Å². The number of aliphatic hydroxyl groups is 2. The third-order valence-electron chi connectivity index (χ3n) is 8.28. The summed E-state index contributed by atoms with van der Waals surface area (Å²) in [6.07, 6.45) is 4.60. The van der Waals surface area contributed by atoms with Crippen LogP contribution in [0.4, 0.5) is 0 Å². The highest BCUT2D eigenvalue weighted by molar-refractivity contribution is 5.88. The fraction of sp³-hybridized carbons (Fsp3) is 0.645. The number of pyridine rings is 1. The second-order valence-electron chi connectivity index (χ2n) is 11.6. The molecule has 1 aliphatic heterocycles. The van der Waals surface area contributed by atoms with Crippen LogP contribution >= 0.6 is 0 Å². The molecule has 0 radical (unpaired) electrons. The SMILES string of the molecule is C.CC1=C(c2ccc(C)cn2)C[C@H]2/C=C(/C)CCC[C@H](C)[C@H](O)[C@@H](C)C(=O)C(C)(C)[C@@H](O)CC(=O)O[C@H]12. The second kappa shape index (κ2) is 12.5. The number of fused-ring (bicyclic) bond motifs is 1. The van der Waals surface area contributed by atoms with E-state index in [1.807, 2.05) is 39.1 Å². The van der Waals surface area contributed by atoms with Crippen molar-refractivity contribution in [2.75, 3.05) is 0 Å². The van der Waals surface area contributed by atoms with Crippen molar-refractivity contribution >= 4 is 17.3 Å². The van der Waals surface area contributed by atoms with Crippen LogP contribution in [-0.4, -0.2) is 45.3 Å². The molecule has 6 atom stereocenters. The first kappa shape index (κ1) is 30.9. The highest BCUT2D eigenvalue weighted by atomic mass is 16.5. The average Bonchev–Trinajstić information content (AvgIpc) is 3.11. The fourth-order valence-corrected chi connectivity index (χ4v) is 5.60. The van der Waals surface area contributed by atoms with Crippen LogP contribution in [0.5, 0.6) is 0 Å². The lowest BCUT2D eigenvalue weighted by molar-refractivity contribution is -0.155. The van der Waals surface area contributed by atoms with Crippen molar-refractivity contribution in [3.8, 4) is 0 Å². The number of hydrogen-bond donors (Lipinski definition) is 2. The highest BCUT2D eigenvalue weighted by Gasteiger charge is 2.43. The van der Waals surface area contributed by atoms with Gasteiger partial charge < -0.3 is 14.9 Å². The Balaban J connectivity index is 0.00000481. The number of carbonyl (C=O) groups is 2. The number of allylic oxidation sites excluding steroid dienone is 2. The van der Waals surface area contributed by atoms with Crippen molar-refractivity contribution in [2.45, 2.75) is 106 Å². The molecule has 2 heterocycles. The Labute approximate surface area is 223 Å². The lowest BCUT2D eigenvalue weighted by atomic mass is 9.73. The molecule has 0 saturated heterocycles. The van der Waals surface area contributed by atoms with Gasteiger partial charge in [0.15, 0.2) is 0 Å². The van der Waals surface area contributed by atoms with Gasteiger partial charge in [-0.1, -0.05) is 52.8 Å². The van der Waals surface area contributed by atoms with Gasteiger partial charge in [-0.25, -0.2) is 0 Å². The van der Waals surface area contributed by atoms with Crippen LogP contribution in [0.3, 0.4) is 0 Å². The number of ether oxygens (including phenoxy) is 1. The summed E-state index contributed by atoms with van der Waals surface area (Å²) in [5.74, 6) is -1.48. The predicted octanol–water partition coefficient (Wildman–Crippen LogP) is 5.84. The maximum Gasteiger partial charge on any atom is 0.309 e. The molecule has 1 aromatic heterocycles. The van der Waals surface area contributed by atoms with Crippen molar-refractivity contribution in [2.24, 2.45) is 23.2 Å². The molecule has 3 rings (SSSR count). The fourth-order valence-electron chi connectivity index (χ4n) is 5.60. The van der Waals surface area contributed by atoms with Gasteiger partial charge in [-0.05, 0) is 75.1 Å². The normalized spacial score (nSPS) is 33.2. The maximum atomic E-state index is 13.2. The van der Waals surface area contributed by atoms with Gasteiger partial charge in [0.05, 0.1) is 29.7 Å². The zero-order valence-electron chi connectivity index (χ0n) is 22.9. The summed E-state index contributed by atoms with van der Waals surface area (Å²) in [4.78, 5) is 30.9. The molecule has 2 aliphatic rings. The Bertz CT molecular complexity index is 1020. The van der Waals surface area contributed by atoms with Crippen LogP contribution in [-0.2, 0) is 14.3 Å². The molecule has 0 bridgehead atoms. The Morgan fingerprint density at radius 1 is 1.05 bits per heavy atom. The lowest BCUT2D eigenvalue weighted by Crippen LogP contribution is -2.45. The summed E-state index contributed by atoms with van der Waals surface area (Å²) in [5.41, 5.74) is 4.06. The third kappa shape index (κ3) is 6.97. The summed E-state index contributed by atoms with van der Waals surface area (Å²) in [6.45, 7) is 13.1. The smallest absolute Gasteiger partial charge is 0.309 e. The number of ketones is 1. The van der Waals surface area contributed by atoms with E-state index in [1.54, 1.807) is 20.8 Å². The molecule has 0 amide bonds. The number of aromatic nitrogens is 1. The zero-order chi connectivity index (χ0) is 26.8. The number of rotatable bonds is 1. The van der Waals surface area contributed by atoms with Gasteiger partial charge >= 0.3 is 5.97 Å². The van der Waals surface area contributed by atoms with Crippen LogP contribution in [0.25, 0.3) is 5.57 Å². The number of aliphatic hydroxyl groups excluding tert-OH is 2. The number of esters is 1. The van der Waals surface area contributed by atoms with Gasteiger partial charge in [0, 0.05) is 18.0 Å². The Morgan fingerprint density at radius 3 is 2.35 bits per heavy atom. The van der Waals surface area contributed by atoms with Gasteiger partial charge in [-0.3, -0.25) is 14.6 Å². The zero-order valence-corrected chi connectivity index (χ0v) is 22.9. The molecule has 206 valence electrons. The first-order valence-electron chi connectivity index (χ1n) is 13.2. The van der Waals surface area contributed by atoms with Gasteiger partial charge in [0.1, 0.15) is 11.9 Å². The van der Waals surface area contributed by atoms with Gasteiger partial charge in [-0.15, -0.1) is 0 Å². The molecule has 37 heavy (non-hydrogen) atoms. The molecule has 1 aliphatic carbocycles. The quantitative estimate of drug-likeness (QED) is 0.362. The van der Waals surface area contributed by atoms with Crippen LogP contribution < -0.4 is 0 Å². The van der Waals surface area contributed by atoms with E-state index in [1.165, 1.54) is 5.57 Å². The molecular weight excluding hydrogens is 466 g/mol. The van der Waals surface area contributed by atoms with E-state index in [2.05, 4.69) is 18.0 Å². The van der Waals surface area contributed by atoms with Gasteiger partial charge in [-0.2, -0.15) is 0 Å². The molecular formula is C31H47NO5. The summed E-state index contributed by atoms with van der Waals surface area (Å²) in [6, 6.07) is 4.04. The minimum atomic E-state index is -1.21. The Kier molecular flexibility index (Phi) is 10.4. The number of Topliss-reactive ketones (excluding diaryl/α,β-unsaturated/α-hetero) is 1. The van der Waals surface area contributed by atoms with E-state index in [-0.39, 0.29) is 31.5 Å². The maximum absolute atomic E-state index is 13.2. The lowest BCUT2D eigenvalue weighted by Gasteiger charge is -2.34. The first-order valence-corrected chi connectivity index (χ1v) is 13.2. The Hall–Kier alpha value is -2.31. The molecule has 0 unspecified atom stereocenters. The largest absolute Gasteiger partial charge is 0.457 e. The molecule has 6 heteroatoms. The van der Waals surface area contributed by atoms with Crippen molar-refractivity contribution in [1.82, 2.24) is 4.98 Å². The van der Waals surface area contributed by atoms with E-state index >= 15 is 0 Å². The molecule has 0 saturated carbocycles. The number of aryl methyl sites for hydroxylation is 1.